The van der Waals surface area contributed by atoms with Gasteiger partial charge in [-0.2, -0.15) is 0 Å². The number of halogens is 1. The van der Waals surface area contributed by atoms with Crippen LogP contribution in [0.4, 0.5) is 0 Å². The van der Waals surface area contributed by atoms with Crippen LogP contribution >= 0.6 is 23.4 Å². The number of nitrogens with zero attached hydrogens (tertiary/aromatic N) is 1. The molecule has 0 saturated carbocycles. The van der Waals surface area contributed by atoms with Crippen LogP contribution in [-0.2, 0) is 11.2 Å². The van der Waals surface area contributed by atoms with E-state index in [4.69, 9.17) is 28.6 Å². The Morgan fingerprint density at radius 2 is 2.00 bits per heavy atom. The quantitative estimate of drug-likeness (QED) is 0.478. The summed E-state index contributed by atoms with van der Waals surface area (Å²) in [6, 6.07) is 3.15. The molecule has 0 spiro atoms. The molecule has 0 aliphatic carbocycles. The fourth-order valence-corrected chi connectivity index (χ4v) is 6.48. The van der Waals surface area contributed by atoms with E-state index in [-0.39, 0.29) is 22.1 Å². The molecular weight excluding hydrogens is 526 g/mol. The summed E-state index contributed by atoms with van der Waals surface area (Å²) in [6.45, 7) is 7.58. The van der Waals surface area contributed by atoms with E-state index in [9.17, 15) is 9.59 Å². The predicted octanol–water partition coefficient (Wildman–Crippen LogP) is 4.53. The number of fused-ring (bicyclic) bond motifs is 1. The topological polar surface area (TPSA) is 92.9 Å². The molecule has 1 aromatic heterocycles. The van der Waals surface area contributed by atoms with Gasteiger partial charge in [0.1, 0.15) is 0 Å². The van der Waals surface area contributed by atoms with Crippen LogP contribution in [-0.4, -0.2) is 60.7 Å². The van der Waals surface area contributed by atoms with Crippen molar-refractivity contribution in [2.45, 2.75) is 57.2 Å². The highest BCUT2D eigenvalue weighted by Gasteiger charge is 2.47. The molecule has 38 heavy (non-hydrogen) atoms. The number of carbonyl (C=O) groups is 1. The number of likely N-dealkylation sites (tertiary alicyclic amines) is 1. The van der Waals surface area contributed by atoms with E-state index in [1.165, 1.54) is 17.8 Å². The van der Waals surface area contributed by atoms with Gasteiger partial charge in [0.15, 0.2) is 11.5 Å². The van der Waals surface area contributed by atoms with Crippen LogP contribution in [0, 0.1) is 25.7 Å². The maximum atomic E-state index is 13.4. The molecule has 2 atom stereocenters. The second-order valence-corrected chi connectivity index (χ2v) is 11.8. The normalized spacial score (nSPS) is 24.8. The number of rotatable bonds is 7. The first-order valence-corrected chi connectivity index (χ1v) is 14.6. The lowest BCUT2D eigenvalue weighted by atomic mass is 9.88. The molecule has 4 heterocycles. The van der Waals surface area contributed by atoms with E-state index in [1.54, 1.807) is 26.2 Å². The minimum absolute atomic E-state index is 0.135. The van der Waals surface area contributed by atoms with Gasteiger partial charge in [-0.3, -0.25) is 9.59 Å². The number of aromatic amines is 1. The summed E-state index contributed by atoms with van der Waals surface area (Å²) in [7, 11) is 0. The molecular formula is C28H36ClN3O5S. The molecule has 1 amide bonds. The van der Waals surface area contributed by atoms with Crippen LogP contribution in [0.5, 0.6) is 11.5 Å². The molecule has 2 saturated heterocycles. The number of pyridine rings is 1. The van der Waals surface area contributed by atoms with Crippen molar-refractivity contribution >= 4 is 29.3 Å². The lowest BCUT2D eigenvalue weighted by molar-refractivity contribution is -0.125. The first-order valence-electron chi connectivity index (χ1n) is 14.0. The number of benzene rings is 1. The third-order valence-corrected chi connectivity index (χ3v) is 8.86. The fraction of sp³-hybridized carbons (Fsp3) is 0.571. The zero-order valence-corrected chi connectivity index (χ0v) is 23.8. The van der Waals surface area contributed by atoms with E-state index >= 15 is 0 Å². The number of H-pyrrole nitrogens is 1. The Labute approximate surface area is 235 Å². The second kappa shape index (κ2) is 11.1. The molecule has 3 aliphatic rings. The van der Waals surface area contributed by atoms with Crippen molar-refractivity contribution in [1.82, 2.24) is 15.2 Å². The van der Waals surface area contributed by atoms with Gasteiger partial charge in [0.05, 0.1) is 14.4 Å². The molecule has 2 aromatic rings. The minimum atomic E-state index is -2.43. The van der Waals surface area contributed by atoms with Crippen LogP contribution in [0.1, 0.15) is 56.1 Å². The van der Waals surface area contributed by atoms with Crippen LogP contribution in [0.3, 0.4) is 0 Å². The van der Waals surface area contributed by atoms with E-state index in [0.717, 1.165) is 52.1 Å². The van der Waals surface area contributed by atoms with Crippen molar-refractivity contribution in [3.63, 3.8) is 0 Å². The summed E-state index contributed by atoms with van der Waals surface area (Å²) in [5.41, 5.74) is 0.522. The van der Waals surface area contributed by atoms with Crippen LogP contribution in [0.2, 0.25) is 5.02 Å². The summed E-state index contributed by atoms with van der Waals surface area (Å²) in [5.74, 6) is -0.109. The van der Waals surface area contributed by atoms with Gasteiger partial charge >= 0.3 is 0 Å². The highest BCUT2D eigenvalue weighted by Crippen LogP contribution is 2.51. The zero-order valence-electron chi connectivity index (χ0n) is 24.2. The molecule has 2 fully saturated rings. The number of ether oxygens (including phenoxy) is 3. The molecule has 3 aliphatic heterocycles. The number of aryl methyl sites for hydroxylation is 1. The Morgan fingerprint density at radius 1 is 1.26 bits per heavy atom. The van der Waals surface area contributed by atoms with Gasteiger partial charge in [0.25, 0.3) is 17.3 Å². The molecule has 0 unspecified atom stereocenters. The van der Waals surface area contributed by atoms with Gasteiger partial charge < -0.3 is 29.4 Å². The number of aromatic nitrogens is 1. The summed E-state index contributed by atoms with van der Waals surface area (Å²) >= 11 is 7.84. The van der Waals surface area contributed by atoms with Gasteiger partial charge in [-0.25, -0.2) is 0 Å². The Morgan fingerprint density at radius 3 is 2.68 bits per heavy atom. The van der Waals surface area contributed by atoms with Gasteiger partial charge in [0, 0.05) is 59.8 Å². The molecule has 5 rings (SSSR count). The van der Waals surface area contributed by atoms with E-state index in [2.05, 4.69) is 15.2 Å². The summed E-state index contributed by atoms with van der Waals surface area (Å²) < 4.78 is 35.4. The Balaban J connectivity index is 1.32. The number of thioether (sulfide) groups is 1. The van der Waals surface area contributed by atoms with Crippen molar-refractivity contribution in [3.05, 3.63) is 49.9 Å². The SMILES string of the molecule is [2H]C([2H])(NC(=O)c1cc(Cl)c2c(c1C)O[C@](C)(C1CCN(C[C@H]3CCOC3)CC1)O2)c1c(SC)cc(C)[nH]c1=O. The zero-order chi connectivity index (χ0) is 28.8. The lowest BCUT2D eigenvalue weighted by Crippen LogP contribution is -2.49. The number of carbonyl (C=O) groups excluding carboxylic acids is 1. The molecule has 10 heteroatoms. The Bertz CT molecular complexity index is 1360. The highest BCUT2D eigenvalue weighted by molar-refractivity contribution is 7.98. The molecule has 0 bridgehead atoms. The molecule has 206 valence electrons. The van der Waals surface area contributed by atoms with E-state index in [1.807, 2.05) is 6.92 Å². The maximum absolute atomic E-state index is 13.4. The highest BCUT2D eigenvalue weighted by atomic mass is 35.5. The first-order chi connectivity index (χ1) is 18.9. The first kappa shape index (κ1) is 24.8. The third kappa shape index (κ3) is 5.43. The average molecular weight is 564 g/mol. The Hall–Kier alpha value is -2.20. The molecule has 1 aromatic carbocycles. The fourth-order valence-electron chi connectivity index (χ4n) is 5.60. The number of nitrogens with one attached hydrogen (secondary N) is 2. The number of amides is 1. The summed E-state index contributed by atoms with van der Waals surface area (Å²) in [6.07, 6.45) is 4.69. The standard InChI is InChI=1S/C28H36ClN3O5S/c1-16-11-23(38-4)21(27(34)31-16)13-30-26(33)20-12-22(29)25-24(17(20)2)36-28(3,37-25)19-5-8-32(9-6-19)14-18-7-10-35-15-18/h11-12,18-19H,5-10,13-15H2,1-4H3,(H,30,33)(H,31,34)/t18-,28+/m1/s1/i13D2. The summed E-state index contributed by atoms with van der Waals surface area (Å²) in [4.78, 5) is 31.6. The average Bonchev–Trinajstić information content (AvgIpc) is 3.54. The number of piperidine rings is 1. The molecule has 8 nitrogen and oxygen atoms in total. The lowest BCUT2D eigenvalue weighted by Gasteiger charge is -2.39. The van der Waals surface area contributed by atoms with Gasteiger partial charge in [0.2, 0.25) is 0 Å². The van der Waals surface area contributed by atoms with Gasteiger partial charge in [-0.1, -0.05) is 11.6 Å². The van der Waals surface area contributed by atoms with E-state index < -0.39 is 23.8 Å². The monoisotopic (exact) mass is 563 g/mol. The number of hydrogen-bond acceptors (Lipinski definition) is 7. The number of hydrogen-bond donors (Lipinski definition) is 2. The van der Waals surface area contributed by atoms with Crippen molar-refractivity contribution in [1.29, 1.82) is 0 Å². The van der Waals surface area contributed by atoms with Gasteiger partial charge in [-0.05, 0) is 70.5 Å². The van der Waals surface area contributed by atoms with Crippen molar-refractivity contribution in [3.8, 4) is 11.5 Å². The van der Waals surface area contributed by atoms with Crippen molar-refractivity contribution in [2.75, 3.05) is 39.1 Å². The molecule has 0 radical (unpaired) electrons. The summed E-state index contributed by atoms with van der Waals surface area (Å²) in [5, 5.41) is 2.61. The van der Waals surface area contributed by atoms with Crippen molar-refractivity contribution in [2.24, 2.45) is 11.8 Å². The third-order valence-electron chi connectivity index (χ3n) is 7.82. The second-order valence-electron chi connectivity index (χ2n) is 10.5. The molecule has 2 N–H and O–H groups in total. The maximum Gasteiger partial charge on any atom is 0.254 e. The smallest absolute Gasteiger partial charge is 0.254 e. The largest absolute Gasteiger partial charge is 0.448 e. The van der Waals surface area contributed by atoms with Crippen molar-refractivity contribution < 1.29 is 21.7 Å². The van der Waals surface area contributed by atoms with Crippen LogP contribution < -0.4 is 20.3 Å². The van der Waals surface area contributed by atoms with Crippen LogP contribution in [0.15, 0.2) is 21.8 Å². The van der Waals surface area contributed by atoms with E-state index in [0.29, 0.717) is 33.6 Å². The minimum Gasteiger partial charge on any atom is -0.448 e. The van der Waals surface area contributed by atoms with Crippen LogP contribution in [0.25, 0.3) is 0 Å². The van der Waals surface area contributed by atoms with Gasteiger partial charge in [-0.15, -0.1) is 11.8 Å². The predicted molar refractivity (Wildman–Crippen MR) is 149 cm³/mol. The Kier molecular flexibility index (Phi) is 7.26.